The van der Waals surface area contributed by atoms with E-state index in [-0.39, 0.29) is 0 Å². The monoisotopic (exact) mass is 254 g/mol. The van der Waals surface area contributed by atoms with Crippen molar-refractivity contribution in [1.82, 2.24) is 0 Å². The van der Waals surface area contributed by atoms with Crippen LogP contribution in [-0.4, -0.2) is 18.2 Å². The zero-order valence-electron chi connectivity index (χ0n) is 10.1. The number of carboxylic acid groups (broad SMARTS) is 1. The molecule has 0 amide bonds. The largest absolute Gasteiger partial charge is 0.495 e. The van der Waals surface area contributed by atoms with Crippen LogP contribution in [0, 0.1) is 13.8 Å². The summed E-state index contributed by atoms with van der Waals surface area (Å²) in [5.74, 6) is -0.156. The second kappa shape index (κ2) is 3.91. The fourth-order valence-corrected chi connectivity index (χ4v) is 2.73. The molecule has 92 valence electrons. The van der Waals surface area contributed by atoms with Crippen molar-refractivity contribution in [3.05, 3.63) is 27.8 Å². The van der Waals surface area contributed by atoms with E-state index in [2.05, 4.69) is 0 Å². The topological polar surface area (TPSA) is 46.5 Å². The van der Waals surface area contributed by atoms with Gasteiger partial charge in [-0.3, -0.25) is 4.79 Å². The molecule has 0 radical (unpaired) electrons. The maximum absolute atomic E-state index is 11.4. The lowest BCUT2D eigenvalue weighted by Crippen LogP contribution is -2.22. The van der Waals surface area contributed by atoms with Crippen LogP contribution in [0.3, 0.4) is 0 Å². The van der Waals surface area contributed by atoms with Crippen molar-refractivity contribution in [1.29, 1.82) is 0 Å². The van der Waals surface area contributed by atoms with Crippen molar-refractivity contribution in [3.8, 4) is 5.75 Å². The molecule has 0 unspecified atom stereocenters. The van der Waals surface area contributed by atoms with Gasteiger partial charge in [-0.2, -0.15) is 0 Å². The number of hydrogen-bond acceptors (Lipinski definition) is 2. The molecule has 0 aromatic heterocycles. The summed E-state index contributed by atoms with van der Waals surface area (Å²) in [6.07, 6.45) is 1.37. The van der Waals surface area contributed by atoms with Gasteiger partial charge in [0, 0.05) is 0 Å². The lowest BCUT2D eigenvalue weighted by Gasteiger charge is -2.19. The molecule has 0 aliphatic heterocycles. The molecule has 0 atom stereocenters. The number of methoxy groups -OCH3 is 1. The van der Waals surface area contributed by atoms with Crippen LogP contribution in [0.15, 0.2) is 6.07 Å². The third kappa shape index (κ3) is 1.69. The first kappa shape index (κ1) is 12.2. The quantitative estimate of drug-likeness (QED) is 0.902. The molecule has 1 fully saturated rings. The van der Waals surface area contributed by atoms with Crippen molar-refractivity contribution < 1.29 is 14.6 Å². The molecular formula is C13H15ClO3. The summed E-state index contributed by atoms with van der Waals surface area (Å²) >= 11 is 6.19. The lowest BCUT2D eigenvalue weighted by molar-refractivity contribution is -0.140. The molecule has 1 saturated carbocycles. The van der Waals surface area contributed by atoms with Crippen molar-refractivity contribution in [2.75, 3.05) is 7.11 Å². The number of carbonyl (C=O) groups is 1. The number of aliphatic carboxylic acids is 1. The minimum absolute atomic E-state index is 0.514. The fraction of sp³-hybridized carbons (Fsp3) is 0.462. The Kier molecular flexibility index (Phi) is 2.82. The van der Waals surface area contributed by atoms with E-state index < -0.39 is 11.4 Å². The van der Waals surface area contributed by atoms with Crippen molar-refractivity contribution in [2.45, 2.75) is 32.1 Å². The summed E-state index contributed by atoms with van der Waals surface area (Å²) in [4.78, 5) is 11.4. The molecule has 0 bridgehead atoms. The minimum atomic E-state index is -0.759. The average molecular weight is 255 g/mol. The number of aryl methyl sites for hydroxylation is 1. The Bertz CT molecular complexity index is 490. The summed E-state index contributed by atoms with van der Waals surface area (Å²) < 4.78 is 5.18. The van der Waals surface area contributed by atoms with Gasteiger partial charge in [-0.25, -0.2) is 0 Å². The minimum Gasteiger partial charge on any atom is -0.495 e. The number of halogens is 1. The summed E-state index contributed by atoms with van der Waals surface area (Å²) in [7, 11) is 1.56. The van der Waals surface area contributed by atoms with Crippen LogP contribution >= 0.6 is 11.6 Å². The highest BCUT2D eigenvalue weighted by Gasteiger charge is 2.53. The molecule has 0 saturated heterocycles. The highest BCUT2D eigenvalue weighted by molar-refractivity contribution is 6.33. The van der Waals surface area contributed by atoms with Crippen LogP contribution in [0.5, 0.6) is 5.75 Å². The van der Waals surface area contributed by atoms with Crippen LogP contribution in [0.1, 0.15) is 29.5 Å². The molecule has 2 rings (SSSR count). The Hall–Kier alpha value is -1.22. The van der Waals surface area contributed by atoms with Crippen LogP contribution in [-0.2, 0) is 10.2 Å². The van der Waals surface area contributed by atoms with Crippen LogP contribution < -0.4 is 4.74 Å². The van der Waals surface area contributed by atoms with Crippen molar-refractivity contribution in [2.24, 2.45) is 0 Å². The zero-order chi connectivity index (χ0) is 12.8. The molecular weight excluding hydrogens is 240 g/mol. The molecule has 1 aliphatic rings. The highest BCUT2D eigenvalue weighted by Crippen LogP contribution is 2.52. The molecule has 3 nitrogen and oxygen atoms in total. The number of benzene rings is 1. The first-order chi connectivity index (χ1) is 7.94. The fourth-order valence-electron chi connectivity index (χ4n) is 2.50. The van der Waals surface area contributed by atoms with Gasteiger partial charge in [0.05, 0.1) is 17.5 Å². The number of hydrogen-bond donors (Lipinski definition) is 1. The van der Waals surface area contributed by atoms with E-state index in [1.165, 1.54) is 0 Å². The van der Waals surface area contributed by atoms with E-state index in [9.17, 15) is 9.90 Å². The molecule has 0 spiro atoms. The van der Waals surface area contributed by atoms with Gasteiger partial charge in [-0.15, -0.1) is 0 Å². The molecule has 4 heteroatoms. The van der Waals surface area contributed by atoms with Gasteiger partial charge < -0.3 is 9.84 Å². The first-order valence-corrected chi connectivity index (χ1v) is 5.89. The predicted molar refractivity (Wildman–Crippen MR) is 66.0 cm³/mol. The second-order valence-electron chi connectivity index (χ2n) is 4.60. The standard InChI is InChI=1S/C13H15ClO3/c1-7-6-9(17-3)11(14)8(2)10(7)13(4-5-13)12(15)16/h6H,4-5H2,1-3H3,(H,15,16). The Balaban J connectivity index is 2.64. The normalized spacial score (nSPS) is 16.7. The number of rotatable bonds is 3. The van der Waals surface area contributed by atoms with Gasteiger partial charge in [-0.1, -0.05) is 11.6 Å². The van der Waals surface area contributed by atoms with Crippen molar-refractivity contribution >= 4 is 17.6 Å². The predicted octanol–water partition coefficient (Wildman–Crippen LogP) is 3.08. The summed E-state index contributed by atoms with van der Waals surface area (Å²) in [6, 6.07) is 1.81. The third-order valence-corrected chi connectivity index (χ3v) is 3.99. The van der Waals surface area contributed by atoms with Crippen molar-refractivity contribution in [3.63, 3.8) is 0 Å². The summed E-state index contributed by atoms with van der Waals surface area (Å²) in [5, 5.41) is 9.86. The Morgan fingerprint density at radius 2 is 2.06 bits per heavy atom. The Labute approximate surface area is 105 Å². The van der Waals surface area contributed by atoms with Crippen LogP contribution in [0.2, 0.25) is 5.02 Å². The molecule has 17 heavy (non-hydrogen) atoms. The van der Waals surface area contributed by atoms with Gasteiger partial charge in [0.2, 0.25) is 0 Å². The van der Waals surface area contributed by atoms with Gasteiger partial charge in [0.15, 0.2) is 0 Å². The van der Waals surface area contributed by atoms with E-state index in [4.69, 9.17) is 16.3 Å². The van der Waals surface area contributed by atoms with Crippen LogP contribution in [0.25, 0.3) is 0 Å². The maximum Gasteiger partial charge on any atom is 0.314 e. The van der Waals surface area contributed by atoms with E-state index in [0.717, 1.165) is 16.7 Å². The molecule has 1 N–H and O–H groups in total. The third-order valence-electron chi connectivity index (χ3n) is 3.52. The van der Waals surface area contributed by atoms with E-state index in [1.807, 2.05) is 19.9 Å². The van der Waals surface area contributed by atoms with Gasteiger partial charge in [0.1, 0.15) is 5.75 Å². The van der Waals surface area contributed by atoms with E-state index in [0.29, 0.717) is 23.6 Å². The first-order valence-electron chi connectivity index (χ1n) is 5.51. The maximum atomic E-state index is 11.4. The van der Waals surface area contributed by atoms with Gasteiger partial charge >= 0.3 is 5.97 Å². The SMILES string of the molecule is COc1cc(C)c(C2(C(=O)O)CC2)c(C)c1Cl. The lowest BCUT2D eigenvalue weighted by atomic mass is 9.88. The molecule has 0 heterocycles. The highest BCUT2D eigenvalue weighted by atomic mass is 35.5. The van der Waals surface area contributed by atoms with E-state index in [1.54, 1.807) is 7.11 Å². The van der Waals surface area contributed by atoms with E-state index >= 15 is 0 Å². The number of carboxylic acids is 1. The Morgan fingerprint density at radius 3 is 2.47 bits per heavy atom. The number of ether oxygens (including phenoxy) is 1. The van der Waals surface area contributed by atoms with Gasteiger partial charge in [-0.05, 0) is 49.4 Å². The zero-order valence-corrected chi connectivity index (χ0v) is 10.9. The molecule has 1 aromatic carbocycles. The molecule has 1 aliphatic carbocycles. The summed E-state index contributed by atoms with van der Waals surface area (Å²) in [6.45, 7) is 3.76. The summed E-state index contributed by atoms with van der Waals surface area (Å²) in [5.41, 5.74) is 1.90. The second-order valence-corrected chi connectivity index (χ2v) is 4.97. The van der Waals surface area contributed by atoms with Crippen LogP contribution in [0.4, 0.5) is 0 Å². The Morgan fingerprint density at radius 1 is 1.47 bits per heavy atom. The smallest absolute Gasteiger partial charge is 0.314 e. The van der Waals surface area contributed by atoms with Gasteiger partial charge in [0.25, 0.3) is 0 Å². The average Bonchev–Trinajstić information content (AvgIpc) is 3.05. The molecule has 1 aromatic rings.